The molecule has 0 unspecified atom stereocenters. The molecule has 120 valence electrons. The van der Waals surface area contributed by atoms with Crippen molar-refractivity contribution >= 4 is 18.1 Å². The van der Waals surface area contributed by atoms with Crippen LogP contribution in [0.25, 0.3) is 0 Å². The Balaban J connectivity index is 1.89. The molecule has 0 radical (unpaired) electrons. The lowest BCUT2D eigenvalue weighted by molar-refractivity contribution is -0.121. The lowest BCUT2D eigenvalue weighted by atomic mass is 10.1. The first-order valence-corrected chi connectivity index (χ1v) is 7.01. The van der Waals surface area contributed by atoms with E-state index in [2.05, 4.69) is 20.4 Å². The largest absolute Gasteiger partial charge is 0.465 e. The number of esters is 1. The van der Waals surface area contributed by atoms with Gasteiger partial charge in [0.15, 0.2) is 0 Å². The summed E-state index contributed by atoms with van der Waals surface area (Å²) < 4.78 is 6.24. The number of rotatable bonds is 5. The minimum atomic E-state index is -0.397. The maximum atomic E-state index is 11.8. The number of ether oxygens (including phenoxy) is 1. The fourth-order valence-electron chi connectivity index (χ4n) is 2.01. The molecule has 1 N–H and O–H groups in total. The molecule has 0 aliphatic carbocycles. The van der Waals surface area contributed by atoms with Gasteiger partial charge in [-0.3, -0.25) is 9.48 Å². The van der Waals surface area contributed by atoms with Crippen LogP contribution in [-0.2, 0) is 16.1 Å². The average Bonchev–Trinajstić information content (AvgIpc) is 2.84. The van der Waals surface area contributed by atoms with Crippen molar-refractivity contribution in [1.29, 1.82) is 0 Å². The van der Waals surface area contributed by atoms with Crippen LogP contribution in [0.1, 0.15) is 27.3 Å². The van der Waals surface area contributed by atoms with Crippen LogP contribution in [0.2, 0.25) is 0 Å². The van der Waals surface area contributed by atoms with E-state index in [0.29, 0.717) is 5.56 Å². The number of hydrazone groups is 1. The Morgan fingerprint density at radius 1 is 1.30 bits per heavy atom. The van der Waals surface area contributed by atoms with Gasteiger partial charge >= 0.3 is 5.97 Å². The molecule has 1 amide bonds. The van der Waals surface area contributed by atoms with Gasteiger partial charge in [-0.25, -0.2) is 10.2 Å². The smallest absolute Gasteiger partial charge is 0.337 e. The molecule has 0 aliphatic rings. The van der Waals surface area contributed by atoms with Gasteiger partial charge < -0.3 is 4.74 Å². The monoisotopic (exact) mass is 314 g/mol. The number of benzene rings is 1. The van der Waals surface area contributed by atoms with E-state index in [1.54, 1.807) is 28.9 Å². The summed E-state index contributed by atoms with van der Waals surface area (Å²) in [6, 6.07) is 8.58. The Morgan fingerprint density at radius 3 is 2.57 bits per heavy atom. The molecule has 1 aromatic heterocycles. The average molecular weight is 314 g/mol. The first-order valence-electron chi connectivity index (χ1n) is 7.01. The number of hydrogen-bond donors (Lipinski definition) is 1. The van der Waals surface area contributed by atoms with Crippen molar-refractivity contribution in [2.24, 2.45) is 5.10 Å². The summed E-state index contributed by atoms with van der Waals surface area (Å²) in [6.07, 6.45) is 1.50. The van der Waals surface area contributed by atoms with Crippen LogP contribution in [0.3, 0.4) is 0 Å². The topological polar surface area (TPSA) is 85.6 Å². The highest BCUT2D eigenvalue weighted by Crippen LogP contribution is 2.04. The van der Waals surface area contributed by atoms with E-state index in [1.165, 1.54) is 13.3 Å². The van der Waals surface area contributed by atoms with Crippen LogP contribution >= 0.6 is 0 Å². The second-order valence-corrected chi connectivity index (χ2v) is 4.99. The number of hydrogen-bond acceptors (Lipinski definition) is 5. The first-order chi connectivity index (χ1) is 11.0. The molecule has 0 fully saturated rings. The van der Waals surface area contributed by atoms with Gasteiger partial charge in [0.1, 0.15) is 6.54 Å². The zero-order chi connectivity index (χ0) is 16.8. The van der Waals surface area contributed by atoms with Crippen molar-refractivity contribution in [3.8, 4) is 0 Å². The number of carbonyl (C=O) groups excluding carboxylic acids is 2. The Kier molecular flexibility index (Phi) is 5.24. The number of aryl methyl sites for hydroxylation is 2. The van der Waals surface area contributed by atoms with Crippen molar-refractivity contribution in [2.75, 3.05) is 7.11 Å². The fourth-order valence-corrected chi connectivity index (χ4v) is 2.01. The van der Waals surface area contributed by atoms with Crippen LogP contribution in [-0.4, -0.2) is 35.0 Å². The summed E-state index contributed by atoms with van der Waals surface area (Å²) in [5.74, 6) is -0.662. The Hall–Kier alpha value is -2.96. The lowest BCUT2D eigenvalue weighted by Crippen LogP contribution is -2.24. The van der Waals surface area contributed by atoms with Crippen molar-refractivity contribution in [3.05, 3.63) is 52.8 Å². The summed E-state index contributed by atoms with van der Waals surface area (Å²) in [6.45, 7) is 3.87. The predicted molar refractivity (Wildman–Crippen MR) is 85.2 cm³/mol. The number of carbonyl (C=O) groups is 2. The summed E-state index contributed by atoms with van der Waals surface area (Å²) in [5.41, 5.74) is 5.44. The van der Waals surface area contributed by atoms with E-state index in [-0.39, 0.29) is 12.5 Å². The SMILES string of the molecule is COC(=O)c1ccc(/C=N/NC(=O)Cn2nc(C)cc2C)cc1. The number of aromatic nitrogens is 2. The van der Waals surface area contributed by atoms with Gasteiger partial charge in [0, 0.05) is 5.69 Å². The number of amides is 1. The third-order valence-electron chi connectivity index (χ3n) is 3.13. The minimum absolute atomic E-state index is 0.109. The second-order valence-electron chi connectivity index (χ2n) is 4.99. The van der Waals surface area contributed by atoms with Gasteiger partial charge in [0.05, 0.1) is 24.6 Å². The molecular weight excluding hydrogens is 296 g/mol. The zero-order valence-corrected chi connectivity index (χ0v) is 13.2. The Morgan fingerprint density at radius 2 is 2.00 bits per heavy atom. The van der Waals surface area contributed by atoms with Crippen molar-refractivity contribution in [2.45, 2.75) is 20.4 Å². The minimum Gasteiger partial charge on any atom is -0.465 e. The van der Waals surface area contributed by atoms with Gasteiger partial charge in [-0.05, 0) is 37.6 Å². The van der Waals surface area contributed by atoms with Crippen LogP contribution < -0.4 is 5.43 Å². The van der Waals surface area contributed by atoms with Crippen LogP contribution in [0, 0.1) is 13.8 Å². The normalized spacial score (nSPS) is 10.7. The summed E-state index contributed by atoms with van der Waals surface area (Å²) in [5, 5.41) is 8.10. The molecule has 2 aromatic rings. The Labute approximate surface area is 134 Å². The maximum Gasteiger partial charge on any atom is 0.337 e. The molecule has 0 bridgehead atoms. The van der Waals surface area contributed by atoms with E-state index in [1.807, 2.05) is 19.9 Å². The molecule has 7 nitrogen and oxygen atoms in total. The van der Waals surface area contributed by atoms with Crippen LogP contribution in [0.4, 0.5) is 0 Å². The van der Waals surface area contributed by atoms with E-state index >= 15 is 0 Å². The number of nitrogens with zero attached hydrogens (tertiary/aromatic N) is 3. The molecule has 2 rings (SSSR count). The molecule has 0 spiro atoms. The molecule has 23 heavy (non-hydrogen) atoms. The predicted octanol–water partition coefficient (Wildman–Crippen LogP) is 1.44. The van der Waals surface area contributed by atoms with Crippen LogP contribution in [0.15, 0.2) is 35.4 Å². The van der Waals surface area contributed by atoms with Crippen molar-refractivity contribution in [3.63, 3.8) is 0 Å². The molecule has 7 heteroatoms. The summed E-state index contributed by atoms with van der Waals surface area (Å²) in [4.78, 5) is 23.1. The standard InChI is InChI=1S/C16H18N4O3/c1-11-8-12(2)20(19-11)10-15(21)18-17-9-13-4-6-14(7-5-13)16(22)23-3/h4-9H,10H2,1-3H3,(H,18,21)/b17-9+. The van der Waals surface area contributed by atoms with Crippen LogP contribution in [0.5, 0.6) is 0 Å². The Bertz CT molecular complexity index is 732. The first kappa shape index (κ1) is 16.4. The molecule has 0 saturated carbocycles. The van der Waals surface area contributed by atoms with Gasteiger partial charge in [0.2, 0.25) is 0 Å². The van der Waals surface area contributed by atoms with Crippen molar-refractivity contribution in [1.82, 2.24) is 15.2 Å². The van der Waals surface area contributed by atoms with Gasteiger partial charge in [-0.1, -0.05) is 12.1 Å². The third kappa shape index (κ3) is 4.50. The quantitative estimate of drug-likeness (QED) is 0.514. The lowest BCUT2D eigenvalue weighted by Gasteiger charge is -2.03. The molecule has 1 aromatic carbocycles. The van der Waals surface area contributed by atoms with Gasteiger partial charge in [-0.15, -0.1) is 0 Å². The molecule has 1 heterocycles. The summed E-state index contributed by atoms with van der Waals surface area (Å²) >= 11 is 0. The number of nitrogens with one attached hydrogen (secondary N) is 1. The molecular formula is C16H18N4O3. The van der Waals surface area contributed by atoms with Crippen molar-refractivity contribution < 1.29 is 14.3 Å². The number of methoxy groups -OCH3 is 1. The van der Waals surface area contributed by atoms with E-state index in [0.717, 1.165) is 17.0 Å². The molecule has 0 atom stereocenters. The van der Waals surface area contributed by atoms with E-state index in [4.69, 9.17) is 0 Å². The molecule has 0 aliphatic heterocycles. The highest BCUT2D eigenvalue weighted by Gasteiger charge is 2.06. The highest BCUT2D eigenvalue weighted by atomic mass is 16.5. The van der Waals surface area contributed by atoms with E-state index in [9.17, 15) is 9.59 Å². The van der Waals surface area contributed by atoms with Gasteiger partial charge in [0.25, 0.3) is 5.91 Å². The zero-order valence-electron chi connectivity index (χ0n) is 13.2. The second kappa shape index (κ2) is 7.35. The third-order valence-corrected chi connectivity index (χ3v) is 3.13. The maximum absolute atomic E-state index is 11.8. The van der Waals surface area contributed by atoms with Gasteiger partial charge in [-0.2, -0.15) is 10.2 Å². The summed E-state index contributed by atoms with van der Waals surface area (Å²) in [7, 11) is 1.33. The highest BCUT2D eigenvalue weighted by molar-refractivity contribution is 5.90. The molecule has 0 saturated heterocycles. The fraction of sp³-hybridized carbons (Fsp3) is 0.250. The van der Waals surface area contributed by atoms with E-state index < -0.39 is 5.97 Å².